The van der Waals surface area contributed by atoms with Crippen LogP contribution in [-0.4, -0.2) is 13.2 Å². The van der Waals surface area contributed by atoms with Crippen molar-refractivity contribution in [1.29, 1.82) is 0 Å². The molecule has 1 aromatic rings. The van der Waals surface area contributed by atoms with Crippen molar-refractivity contribution in [2.24, 2.45) is 0 Å². The van der Waals surface area contributed by atoms with Gasteiger partial charge in [0.25, 0.3) is 0 Å². The molecule has 1 aliphatic rings. The molecule has 14 heavy (non-hydrogen) atoms. The summed E-state index contributed by atoms with van der Waals surface area (Å²) >= 11 is 1.78. The van der Waals surface area contributed by atoms with E-state index >= 15 is 0 Å². The molecule has 3 heteroatoms. The molecule has 2 nitrogen and oxygen atoms in total. The predicted octanol–water partition coefficient (Wildman–Crippen LogP) is 3.09. The normalized spacial score (nSPS) is 19.1. The van der Waals surface area contributed by atoms with Gasteiger partial charge in [-0.1, -0.05) is 20.8 Å². The molecule has 0 amide bonds. The van der Waals surface area contributed by atoms with E-state index in [1.807, 2.05) is 0 Å². The molecule has 1 fully saturated rings. The molecule has 0 radical (unpaired) electrons. The summed E-state index contributed by atoms with van der Waals surface area (Å²) in [6, 6.07) is 2.20. The van der Waals surface area contributed by atoms with E-state index in [9.17, 15) is 0 Å². The summed E-state index contributed by atoms with van der Waals surface area (Å²) in [5.74, 6) is 0. The maximum atomic E-state index is 5.45. The summed E-state index contributed by atoms with van der Waals surface area (Å²) < 4.78 is 10.9. The zero-order chi connectivity index (χ0) is 10.2. The largest absolute Gasteiger partial charge is 0.346 e. The summed E-state index contributed by atoms with van der Waals surface area (Å²) in [6.07, 6.45) is -0.123. The van der Waals surface area contributed by atoms with Crippen LogP contribution in [0.25, 0.3) is 0 Å². The van der Waals surface area contributed by atoms with Crippen molar-refractivity contribution in [3.63, 3.8) is 0 Å². The van der Waals surface area contributed by atoms with Crippen LogP contribution >= 0.6 is 11.3 Å². The van der Waals surface area contributed by atoms with Gasteiger partial charge in [-0.05, 0) is 16.9 Å². The first-order valence-corrected chi connectivity index (χ1v) is 5.77. The Balaban J connectivity index is 2.17. The molecule has 0 aromatic carbocycles. The average Bonchev–Trinajstić information content (AvgIpc) is 2.73. The number of thiophene rings is 1. The van der Waals surface area contributed by atoms with Crippen LogP contribution in [-0.2, 0) is 14.9 Å². The molecule has 2 heterocycles. The molecular formula is C11H16O2S. The summed E-state index contributed by atoms with van der Waals surface area (Å²) in [5, 5.41) is 2.14. The minimum absolute atomic E-state index is 0.123. The molecule has 1 aliphatic heterocycles. The van der Waals surface area contributed by atoms with Gasteiger partial charge in [0, 0.05) is 10.4 Å². The Morgan fingerprint density at radius 3 is 2.43 bits per heavy atom. The van der Waals surface area contributed by atoms with Gasteiger partial charge in [-0.25, -0.2) is 0 Å². The maximum Gasteiger partial charge on any atom is 0.184 e. The fourth-order valence-electron chi connectivity index (χ4n) is 1.42. The summed E-state index contributed by atoms with van der Waals surface area (Å²) in [5.41, 5.74) is 1.39. The third-order valence-corrected chi connectivity index (χ3v) is 3.63. The second kappa shape index (κ2) is 3.65. The number of hydrogen-bond donors (Lipinski definition) is 0. The zero-order valence-corrected chi connectivity index (χ0v) is 9.69. The third-order valence-electron chi connectivity index (χ3n) is 2.25. The van der Waals surface area contributed by atoms with Crippen LogP contribution < -0.4 is 0 Å². The highest BCUT2D eigenvalue weighted by Gasteiger charge is 2.22. The van der Waals surface area contributed by atoms with E-state index in [-0.39, 0.29) is 11.7 Å². The molecule has 0 saturated carbocycles. The Morgan fingerprint density at radius 2 is 1.93 bits per heavy atom. The molecule has 1 saturated heterocycles. The van der Waals surface area contributed by atoms with Crippen LogP contribution in [0.15, 0.2) is 11.4 Å². The van der Waals surface area contributed by atoms with E-state index in [1.54, 1.807) is 11.3 Å². The Morgan fingerprint density at radius 1 is 1.29 bits per heavy atom. The van der Waals surface area contributed by atoms with Gasteiger partial charge in [0.1, 0.15) is 0 Å². The van der Waals surface area contributed by atoms with E-state index in [0.29, 0.717) is 13.2 Å². The van der Waals surface area contributed by atoms with Gasteiger partial charge < -0.3 is 9.47 Å². The van der Waals surface area contributed by atoms with Crippen LogP contribution in [0.5, 0.6) is 0 Å². The molecule has 0 bridgehead atoms. The molecule has 0 atom stereocenters. The van der Waals surface area contributed by atoms with E-state index in [0.717, 1.165) is 5.56 Å². The molecule has 0 unspecified atom stereocenters. The van der Waals surface area contributed by atoms with E-state index in [4.69, 9.17) is 9.47 Å². The van der Waals surface area contributed by atoms with Gasteiger partial charge >= 0.3 is 0 Å². The Kier molecular flexibility index (Phi) is 2.64. The molecule has 78 valence electrons. The highest BCUT2D eigenvalue weighted by molar-refractivity contribution is 7.10. The van der Waals surface area contributed by atoms with Gasteiger partial charge in [0.05, 0.1) is 13.2 Å². The molecule has 0 aliphatic carbocycles. The smallest absolute Gasteiger partial charge is 0.184 e. The van der Waals surface area contributed by atoms with Crippen LogP contribution in [0.3, 0.4) is 0 Å². The molecule has 0 N–H and O–H groups in total. The van der Waals surface area contributed by atoms with Crippen molar-refractivity contribution in [3.05, 3.63) is 21.9 Å². The number of rotatable bonds is 1. The van der Waals surface area contributed by atoms with Gasteiger partial charge in [0.15, 0.2) is 6.29 Å². The second-order valence-corrected chi connectivity index (χ2v) is 5.48. The summed E-state index contributed by atoms with van der Waals surface area (Å²) in [6.45, 7) is 8.09. The SMILES string of the molecule is CC(C)(C)c1cc(C2OCCO2)cs1. The first kappa shape index (κ1) is 10.1. The number of hydrogen-bond acceptors (Lipinski definition) is 3. The lowest BCUT2D eigenvalue weighted by Crippen LogP contribution is -2.08. The first-order valence-electron chi connectivity index (χ1n) is 4.89. The number of ether oxygens (including phenoxy) is 2. The maximum absolute atomic E-state index is 5.45. The fourth-order valence-corrected chi connectivity index (χ4v) is 2.42. The second-order valence-electron chi connectivity index (χ2n) is 4.57. The molecule has 2 rings (SSSR count). The minimum Gasteiger partial charge on any atom is -0.346 e. The lowest BCUT2D eigenvalue weighted by molar-refractivity contribution is -0.0438. The van der Waals surface area contributed by atoms with Gasteiger partial charge in [-0.2, -0.15) is 0 Å². The van der Waals surface area contributed by atoms with Crippen molar-refractivity contribution in [1.82, 2.24) is 0 Å². The topological polar surface area (TPSA) is 18.5 Å². The molecular weight excluding hydrogens is 196 g/mol. The predicted molar refractivity (Wildman–Crippen MR) is 57.7 cm³/mol. The Hall–Kier alpha value is -0.380. The standard InChI is InChI=1S/C11H16O2S/c1-11(2,3)9-6-8(7-14-9)10-12-4-5-13-10/h6-7,10H,4-5H2,1-3H3. The summed E-state index contributed by atoms with van der Waals surface area (Å²) in [4.78, 5) is 1.38. The minimum atomic E-state index is -0.123. The first-order chi connectivity index (χ1) is 6.57. The van der Waals surface area contributed by atoms with Crippen molar-refractivity contribution in [3.8, 4) is 0 Å². The van der Waals surface area contributed by atoms with Crippen LogP contribution in [0.4, 0.5) is 0 Å². The van der Waals surface area contributed by atoms with E-state index in [2.05, 4.69) is 32.2 Å². The quantitative estimate of drug-likeness (QED) is 0.712. The van der Waals surface area contributed by atoms with Gasteiger partial charge in [0.2, 0.25) is 0 Å². The molecule has 0 spiro atoms. The Bertz CT molecular complexity index is 305. The zero-order valence-electron chi connectivity index (χ0n) is 8.87. The Labute approximate surface area is 88.8 Å². The van der Waals surface area contributed by atoms with Crippen LogP contribution in [0.1, 0.15) is 37.5 Å². The lowest BCUT2D eigenvalue weighted by atomic mass is 9.94. The van der Waals surface area contributed by atoms with Gasteiger partial charge in [-0.3, -0.25) is 0 Å². The monoisotopic (exact) mass is 212 g/mol. The van der Waals surface area contributed by atoms with Crippen molar-refractivity contribution < 1.29 is 9.47 Å². The highest BCUT2D eigenvalue weighted by atomic mass is 32.1. The molecule has 1 aromatic heterocycles. The van der Waals surface area contributed by atoms with Crippen molar-refractivity contribution >= 4 is 11.3 Å². The van der Waals surface area contributed by atoms with E-state index < -0.39 is 0 Å². The fraction of sp³-hybridized carbons (Fsp3) is 0.636. The third kappa shape index (κ3) is 2.00. The average molecular weight is 212 g/mol. The van der Waals surface area contributed by atoms with Crippen LogP contribution in [0, 0.1) is 0 Å². The lowest BCUT2D eigenvalue weighted by Gasteiger charge is -2.15. The van der Waals surface area contributed by atoms with Gasteiger partial charge in [-0.15, -0.1) is 11.3 Å². The highest BCUT2D eigenvalue weighted by Crippen LogP contribution is 2.33. The van der Waals surface area contributed by atoms with Crippen molar-refractivity contribution in [2.75, 3.05) is 13.2 Å². The van der Waals surface area contributed by atoms with E-state index in [1.165, 1.54) is 4.88 Å². The summed E-state index contributed by atoms with van der Waals surface area (Å²) in [7, 11) is 0. The van der Waals surface area contributed by atoms with Crippen molar-refractivity contribution in [2.45, 2.75) is 32.5 Å². The van der Waals surface area contributed by atoms with Crippen LogP contribution in [0.2, 0.25) is 0 Å².